The second-order valence-electron chi connectivity index (χ2n) is 4.79. The normalized spacial score (nSPS) is 14.8. The van der Waals surface area contributed by atoms with Gasteiger partial charge in [-0.2, -0.15) is 5.10 Å². The second-order valence-corrected chi connectivity index (χ2v) is 4.79. The maximum atomic E-state index is 11.9. The quantitative estimate of drug-likeness (QED) is 0.867. The zero-order valence-electron chi connectivity index (χ0n) is 11.6. The van der Waals surface area contributed by atoms with E-state index in [0.29, 0.717) is 17.0 Å². The number of hydrogen-bond donors (Lipinski definition) is 1. The van der Waals surface area contributed by atoms with Crippen LogP contribution < -0.4 is 9.64 Å². The van der Waals surface area contributed by atoms with Crippen molar-refractivity contribution < 1.29 is 14.3 Å². The number of aromatic amines is 1. The van der Waals surface area contributed by atoms with E-state index in [1.807, 2.05) is 12.1 Å². The molecule has 6 nitrogen and oxygen atoms in total. The van der Waals surface area contributed by atoms with E-state index in [9.17, 15) is 4.79 Å². The van der Waals surface area contributed by atoms with Gasteiger partial charge in [0, 0.05) is 18.8 Å². The van der Waals surface area contributed by atoms with E-state index in [-0.39, 0.29) is 0 Å². The third-order valence-corrected chi connectivity index (χ3v) is 3.70. The van der Waals surface area contributed by atoms with E-state index in [4.69, 9.17) is 9.47 Å². The number of benzene rings is 1. The highest BCUT2D eigenvalue weighted by Gasteiger charge is 2.23. The summed E-state index contributed by atoms with van der Waals surface area (Å²) in [7, 11) is 2.96. The van der Waals surface area contributed by atoms with Crippen LogP contribution in [0.4, 0.5) is 5.69 Å². The monoisotopic (exact) mass is 275 g/mol. The standard InChI is InChI=1S/C14H17N3O3/c1-19-10-6-5-9(17-7-3-4-8-17)11-12(10)15-16-13(11)14(18)20-2/h5-6H,3-4,7-8H2,1-2H3,(H,15,16). The largest absolute Gasteiger partial charge is 0.494 e. The number of hydrogen-bond acceptors (Lipinski definition) is 5. The molecule has 1 N–H and O–H groups in total. The summed E-state index contributed by atoms with van der Waals surface area (Å²) >= 11 is 0. The molecule has 20 heavy (non-hydrogen) atoms. The molecule has 6 heteroatoms. The summed E-state index contributed by atoms with van der Waals surface area (Å²) in [6, 6.07) is 3.87. The molecule has 1 aliphatic heterocycles. The Morgan fingerprint density at radius 2 is 2.05 bits per heavy atom. The van der Waals surface area contributed by atoms with Crippen molar-refractivity contribution in [1.82, 2.24) is 10.2 Å². The number of rotatable bonds is 3. The third-order valence-electron chi connectivity index (χ3n) is 3.70. The smallest absolute Gasteiger partial charge is 0.356 e. The van der Waals surface area contributed by atoms with Gasteiger partial charge in [-0.15, -0.1) is 0 Å². The van der Waals surface area contributed by atoms with Gasteiger partial charge in [0.25, 0.3) is 0 Å². The Balaban J connectivity index is 2.23. The van der Waals surface area contributed by atoms with Crippen LogP contribution in [0.3, 0.4) is 0 Å². The van der Waals surface area contributed by atoms with Gasteiger partial charge in [-0.3, -0.25) is 5.10 Å². The van der Waals surface area contributed by atoms with E-state index in [0.717, 1.165) is 24.2 Å². The van der Waals surface area contributed by atoms with Gasteiger partial charge >= 0.3 is 5.97 Å². The lowest BCUT2D eigenvalue weighted by Gasteiger charge is -2.19. The van der Waals surface area contributed by atoms with Crippen LogP contribution in [0.15, 0.2) is 12.1 Å². The molecule has 0 atom stereocenters. The minimum Gasteiger partial charge on any atom is -0.494 e. The van der Waals surface area contributed by atoms with Crippen LogP contribution in [0.25, 0.3) is 10.9 Å². The van der Waals surface area contributed by atoms with E-state index in [1.165, 1.54) is 20.0 Å². The molecule has 0 radical (unpaired) electrons. The number of aromatic nitrogens is 2. The van der Waals surface area contributed by atoms with Gasteiger partial charge in [-0.25, -0.2) is 4.79 Å². The number of H-pyrrole nitrogens is 1. The predicted molar refractivity (Wildman–Crippen MR) is 75.4 cm³/mol. The summed E-state index contributed by atoms with van der Waals surface area (Å²) in [5.41, 5.74) is 2.05. The van der Waals surface area contributed by atoms with Crippen molar-refractivity contribution in [2.24, 2.45) is 0 Å². The second kappa shape index (κ2) is 5.03. The molecule has 1 aliphatic rings. The van der Waals surface area contributed by atoms with E-state index < -0.39 is 5.97 Å². The molecular weight excluding hydrogens is 258 g/mol. The van der Waals surface area contributed by atoms with Gasteiger partial charge in [-0.05, 0) is 25.0 Å². The van der Waals surface area contributed by atoms with Gasteiger partial charge in [0.1, 0.15) is 11.3 Å². The highest BCUT2D eigenvalue weighted by atomic mass is 16.5. The first-order chi connectivity index (χ1) is 9.76. The first kappa shape index (κ1) is 12.8. The maximum absolute atomic E-state index is 11.9. The molecule has 0 spiro atoms. The Kier molecular flexibility index (Phi) is 3.22. The Morgan fingerprint density at radius 1 is 1.30 bits per heavy atom. The fourth-order valence-electron chi connectivity index (χ4n) is 2.72. The first-order valence-electron chi connectivity index (χ1n) is 6.64. The van der Waals surface area contributed by atoms with Gasteiger partial charge < -0.3 is 14.4 Å². The minimum absolute atomic E-state index is 0.378. The zero-order valence-corrected chi connectivity index (χ0v) is 11.6. The fraction of sp³-hybridized carbons (Fsp3) is 0.429. The van der Waals surface area contributed by atoms with Crippen LogP contribution in [0.2, 0.25) is 0 Å². The molecule has 1 aromatic heterocycles. The van der Waals surface area contributed by atoms with Gasteiger partial charge in [-0.1, -0.05) is 0 Å². The number of esters is 1. The van der Waals surface area contributed by atoms with Gasteiger partial charge in [0.2, 0.25) is 0 Å². The lowest BCUT2D eigenvalue weighted by molar-refractivity contribution is 0.0596. The number of nitrogens with zero attached hydrogens (tertiary/aromatic N) is 2. The Bertz CT molecular complexity index is 644. The molecule has 0 unspecified atom stereocenters. The van der Waals surface area contributed by atoms with Crippen LogP contribution in [-0.2, 0) is 4.74 Å². The van der Waals surface area contributed by atoms with Crippen molar-refractivity contribution in [1.29, 1.82) is 0 Å². The molecule has 106 valence electrons. The molecule has 0 aliphatic carbocycles. The maximum Gasteiger partial charge on any atom is 0.356 e. The van der Waals surface area contributed by atoms with E-state index >= 15 is 0 Å². The molecule has 3 rings (SSSR count). The Labute approximate surface area is 116 Å². The lowest BCUT2D eigenvalue weighted by atomic mass is 10.1. The van der Waals surface area contributed by atoms with Gasteiger partial charge in [0.15, 0.2) is 5.69 Å². The molecule has 2 heterocycles. The van der Waals surface area contributed by atoms with Crippen LogP contribution in [-0.4, -0.2) is 43.5 Å². The molecule has 0 bridgehead atoms. The molecule has 1 aromatic carbocycles. The predicted octanol–water partition coefficient (Wildman–Crippen LogP) is 1.96. The molecule has 0 amide bonds. The average Bonchev–Trinajstić information content (AvgIpc) is 3.14. The van der Waals surface area contributed by atoms with Crippen LogP contribution in [0.5, 0.6) is 5.75 Å². The summed E-state index contributed by atoms with van der Waals surface area (Å²) in [5, 5.41) is 7.76. The molecule has 1 fully saturated rings. The van der Waals surface area contributed by atoms with E-state index in [1.54, 1.807) is 7.11 Å². The molecule has 1 saturated heterocycles. The average molecular weight is 275 g/mol. The molecule has 0 saturated carbocycles. The zero-order chi connectivity index (χ0) is 14.1. The number of anilines is 1. The summed E-state index contributed by atoms with van der Waals surface area (Å²) in [4.78, 5) is 14.2. The highest BCUT2D eigenvalue weighted by molar-refractivity contribution is 6.09. The van der Waals surface area contributed by atoms with Crippen molar-refractivity contribution >= 4 is 22.6 Å². The van der Waals surface area contributed by atoms with Crippen molar-refractivity contribution in [2.45, 2.75) is 12.8 Å². The fourth-order valence-corrected chi connectivity index (χ4v) is 2.72. The number of nitrogens with one attached hydrogen (secondary N) is 1. The number of methoxy groups -OCH3 is 2. The minimum atomic E-state index is -0.416. The Morgan fingerprint density at radius 3 is 2.70 bits per heavy atom. The number of fused-ring (bicyclic) bond motifs is 1. The molecular formula is C14H17N3O3. The van der Waals surface area contributed by atoms with Crippen LogP contribution >= 0.6 is 0 Å². The molecule has 2 aromatic rings. The van der Waals surface area contributed by atoms with Crippen LogP contribution in [0, 0.1) is 0 Å². The van der Waals surface area contributed by atoms with Crippen LogP contribution in [0.1, 0.15) is 23.3 Å². The summed E-state index contributed by atoms with van der Waals surface area (Å²) in [6.07, 6.45) is 2.33. The summed E-state index contributed by atoms with van der Waals surface area (Å²) < 4.78 is 10.1. The number of carbonyl (C=O) groups excluding carboxylic acids is 1. The third kappa shape index (κ3) is 1.88. The van der Waals surface area contributed by atoms with Gasteiger partial charge in [0.05, 0.1) is 19.6 Å². The highest BCUT2D eigenvalue weighted by Crippen LogP contribution is 2.36. The van der Waals surface area contributed by atoms with Crippen molar-refractivity contribution in [3.05, 3.63) is 17.8 Å². The van der Waals surface area contributed by atoms with Crippen molar-refractivity contribution in [3.63, 3.8) is 0 Å². The van der Waals surface area contributed by atoms with E-state index in [2.05, 4.69) is 15.1 Å². The first-order valence-corrected chi connectivity index (χ1v) is 6.64. The summed E-state index contributed by atoms with van der Waals surface area (Å²) in [6.45, 7) is 1.99. The summed E-state index contributed by atoms with van der Waals surface area (Å²) in [5.74, 6) is 0.232. The lowest BCUT2D eigenvalue weighted by Crippen LogP contribution is -2.18. The SMILES string of the molecule is COC(=O)c1[nH]nc2c(OC)ccc(N3CCCC3)c12. The Hall–Kier alpha value is -2.24. The van der Waals surface area contributed by atoms with Crippen molar-refractivity contribution in [2.75, 3.05) is 32.2 Å². The van der Waals surface area contributed by atoms with Crippen molar-refractivity contribution in [3.8, 4) is 5.75 Å². The topological polar surface area (TPSA) is 67.5 Å². The number of ether oxygens (including phenoxy) is 2. The number of carbonyl (C=O) groups is 1.